The smallest absolute Gasteiger partial charge is 0.433 e. The lowest BCUT2D eigenvalue weighted by Crippen LogP contribution is -2.29. The summed E-state index contributed by atoms with van der Waals surface area (Å²) < 4.78 is 7.74. The zero-order chi connectivity index (χ0) is 13.3. The van der Waals surface area contributed by atoms with Gasteiger partial charge in [-0.2, -0.15) is 4.68 Å². The molecule has 0 fully saturated rings. The van der Waals surface area contributed by atoms with Crippen LogP contribution in [-0.4, -0.2) is 22.1 Å². The molecule has 1 aromatic carbocycles. The molecule has 0 aliphatic carbocycles. The first-order chi connectivity index (χ1) is 8.57. The van der Waals surface area contributed by atoms with Gasteiger partial charge in [-0.25, -0.2) is 9.48 Å². The third-order valence-electron chi connectivity index (χ3n) is 2.72. The molecule has 0 spiro atoms. The summed E-state index contributed by atoms with van der Waals surface area (Å²) in [6, 6.07) is 6.92. The van der Waals surface area contributed by atoms with Crippen molar-refractivity contribution in [3.05, 3.63) is 34.6 Å². The highest BCUT2D eigenvalue weighted by Gasteiger charge is 2.20. The molecule has 5 heteroatoms. The van der Waals surface area contributed by atoms with E-state index < -0.39 is 6.09 Å². The number of para-hydroxylation sites is 1. The molecule has 2 rings (SSSR count). The largest absolute Gasteiger partial charge is 0.448 e. The van der Waals surface area contributed by atoms with Crippen LogP contribution in [-0.2, 0) is 4.74 Å². The minimum Gasteiger partial charge on any atom is -0.448 e. The van der Waals surface area contributed by atoms with Crippen LogP contribution in [0.25, 0.3) is 10.9 Å². The van der Waals surface area contributed by atoms with Crippen molar-refractivity contribution in [3.8, 4) is 0 Å². The van der Waals surface area contributed by atoms with E-state index in [0.717, 1.165) is 0 Å². The quantitative estimate of drug-likeness (QED) is 0.820. The summed E-state index contributed by atoms with van der Waals surface area (Å²) in [7, 11) is 0. The van der Waals surface area contributed by atoms with E-state index in [1.165, 1.54) is 9.36 Å². The fourth-order valence-corrected chi connectivity index (χ4v) is 2.01. The van der Waals surface area contributed by atoms with Gasteiger partial charge < -0.3 is 4.74 Å². The third kappa shape index (κ3) is 1.81. The number of hydrogen-bond acceptors (Lipinski definition) is 3. The average Bonchev–Trinajstić information content (AvgIpc) is 2.64. The summed E-state index contributed by atoms with van der Waals surface area (Å²) in [6.07, 6.45) is -0.524. The van der Waals surface area contributed by atoms with Crippen molar-refractivity contribution in [2.45, 2.75) is 26.8 Å². The Morgan fingerprint density at radius 3 is 2.61 bits per heavy atom. The summed E-state index contributed by atoms with van der Waals surface area (Å²) >= 11 is 0. The Morgan fingerprint density at radius 1 is 1.33 bits per heavy atom. The Morgan fingerprint density at radius 2 is 2.00 bits per heavy atom. The van der Waals surface area contributed by atoms with E-state index in [9.17, 15) is 9.59 Å². The van der Waals surface area contributed by atoms with Crippen LogP contribution in [0.2, 0.25) is 0 Å². The molecule has 0 atom stereocenters. The van der Waals surface area contributed by atoms with E-state index in [0.29, 0.717) is 10.9 Å². The fraction of sp³-hybridized carbons (Fsp3) is 0.385. The highest BCUT2D eigenvalue weighted by atomic mass is 16.6. The Balaban J connectivity index is 2.79. The van der Waals surface area contributed by atoms with E-state index >= 15 is 0 Å². The molecular weight excluding hydrogens is 232 g/mol. The number of aromatic nitrogens is 2. The van der Waals surface area contributed by atoms with E-state index in [1.807, 2.05) is 13.8 Å². The highest BCUT2D eigenvalue weighted by Crippen LogP contribution is 2.14. The van der Waals surface area contributed by atoms with Gasteiger partial charge in [0.15, 0.2) is 0 Å². The molecule has 0 saturated heterocycles. The van der Waals surface area contributed by atoms with Crippen LogP contribution in [0.5, 0.6) is 0 Å². The minimum atomic E-state index is -0.524. The summed E-state index contributed by atoms with van der Waals surface area (Å²) in [4.78, 5) is 24.2. The Kier molecular flexibility index (Phi) is 3.23. The first kappa shape index (κ1) is 12.4. The summed E-state index contributed by atoms with van der Waals surface area (Å²) in [5.74, 6) is 0. The number of carbonyl (C=O) groups is 1. The predicted molar refractivity (Wildman–Crippen MR) is 69.0 cm³/mol. The van der Waals surface area contributed by atoms with E-state index in [1.54, 1.807) is 31.2 Å². The molecule has 0 radical (unpaired) electrons. The second kappa shape index (κ2) is 4.68. The molecule has 0 N–H and O–H groups in total. The number of nitrogens with zero attached hydrogens (tertiary/aromatic N) is 2. The van der Waals surface area contributed by atoms with Crippen molar-refractivity contribution in [3.63, 3.8) is 0 Å². The van der Waals surface area contributed by atoms with Gasteiger partial charge in [0.1, 0.15) is 0 Å². The van der Waals surface area contributed by atoms with Crippen LogP contribution in [0.15, 0.2) is 29.1 Å². The molecular formula is C13H16N2O3. The van der Waals surface area contributed by atoms with Crippen LogP contribution in [0, 0.1) is 0 Å². The zero-order valence-electron chi connectivity index (χ0n) is 10.7. The molecule has 0 aliphatic heterocycles. The van der Waals surface area contributed by atoms with Crippen molar-refractivity contribution < 1.29 is 9.53 Å². The van der Waals surface area contributed by atoms with Crippen molar-refractivity contribution in [2.24, 2.45) is 0 Å². The highest BCUT2D eigenvalue weighted by molar-refractivity contribution is 5.87. The maximum atomic E-state index is 12.2. The Labute approximate surface area is 105 Å². The first-order valence-corrected chi connectivity index (χ1v) is 5.97. The topological polar surface area (TPSA) is 53.2 Å². The molecule has 2 aromatic rings. The van der Waals surface area contributed by atoms with Gasteiger partial charge in [0.05, 0.1) is 17.5 Å². The summed E-state index contributed by atoms with van der Waals surface area (Å²) in [5, 5.41) is 0.527. The Hall–Kier alpha value is -2.04. The number of fused-ring (bicyclic) bond motifs is 1. The van der Waals surface area contributed by atoms with Crippen molar-refractivity contribution in [1.29, 1.82) is 0 Å². The molecule has 1 aromatic heterocycles. The number of hydrogen-bond donors (Lipinski definition) is 0. The van der Waals surface area contributed by atoms with Gasteiger partial charge in [-0.15, -0.1) is 0 Å². The molecule has 0 unspecified atom stereocenters. The van der Waals surface area contributed by atoms with Gasteiger partial charge in [-0.3, -0.25) is 4.79 Å². The van der Waals surface area contributed by atoms with Crippen LogP contribution in [0.1, 0.15) is 26.8 Å². The van der Waals surface area contributed by atoms with Crippen LogP contribution in [0.3, 0.4) is 0 Å². The van der Waals surface area contributed by atoms with E-state index in [-0.39, 0.29) is 18.2 Å². The van der Waals surface area contributed by atoms with Gasteiger partial charge in [-0.1, -0.05) is 12.1 Å². The standard InChI is InChI=1S/C13H16N2O3/c1-4-18-13(17)15-11-8-6-5-7-10(11)12(16)14(15)9(2)3/h5-9H,4H2,1-3H3. The Bertz CT molecular complexity index is 637. The lowest BCUT2D eigenvalue weighted by molar-refractivity contribution is 0.145. The minimum absolute atomic E-state index is 0.116. The molecule has 5 nitrogen and oxygen atoms in total. The lowest BCUT2D eigenvalue weighted by Gasteiger charge is -2.13. The van der Waals surface area contributed by atoms with E-state index in [2.05, 4.69) is 0 Å². The normalized spacial score (nSPS) is 11.1. The third-order valence-corrected chi connectivity index (χ3v) is 2.72. The lowest BCUT2D eigenvalue weighted by atomic mass is 10.2. The second-order valence-corrected chi connectivity index (χ2v) is 4.27. The van der Waals surface area contributed by atoms with Crippen molar-refractivity contribution in [2.75, 3.05) is 6.61 Å². The first-order valence-electron chi connectivity index (χ1n) is 5.97. The molecule has 0 amide bonds. The SMILES string of the molecule is CCOC(=O)n1c2ccccc2c(=O)n1C(C)C. The second-order valence-electron chi connectivity index (χ2n) is 4.27. The van der Waals surface area contributed by atoms with Gasteiger partial charge in [0, 0.05) is 6.04 Å². The molecule has 0 saturated carbocycles. The molecule has 18 heavy (non-hydrogen) atoms. The van der Waals surface area contributed by atoms with Gasteiger partial charge in [-0.05, 0) is 32.9 Å². The summed E-state index contributed by atoms with van der Waals surface area (Å²) in [5.41, 5.74) is 0.406. The molecule has 0 aliphatic rings. The number of benzene rings is 1. The predicted octanol–water partition coefficient (Wildman–Crippen LogP) is 2.39. The van der Waals surface area contributed by atoms with Crippen molar-refractivity contribution >= 4 is 17.0 Å². The molecule has 96 valence electrons. The number of carbonyl (C=O) groups excluding carboxylic acids is 1. The maximum absolute atomic E-state index is 12.2. The van der Waals surface area contributed by atoms with Gasteiger partial charge >= 0.3 is 6.09 Å². The molecule has 0 bridgehead atoms. The monoisotopic (exact) mass is 248 g/mol. The van der Waals surface area contributed by atoms with Gasteiger partial charge in [0.2, 0.25) is 0 Å². The summed E-state index contributed by atoms with van der Waals surface area (Å²) in [6.45, 7) is 5.73. The number of ether oxygens (including phenoxy) is 1. The van der Waals surface area contributed by atoms with Crippen LogP contribution in [0.4, 0.5) is 4.79 Å². The average molecular weight is 248 g/mol. The zero-order valence-corrected chi connectivity index (χ0v) is 10.7. The maximum Gasteiger partial charge on any atom is 0.433 e. The fourth-order valence-electron chi connectivity index (χ4n) is 2.01. The van der Waals surface area contributed by atoms with Crippen molar-refractivity contribution in [1.82, 2.24) is 9.36 Å². The number of rotatable bonds is 2. The van der Waals surface area contributed by atoms with Crippen LogP contribution >= 0.6 is 0 Å². The molecule has 1 heterocycles. The van der Waals surface area contributed by atoms with E-state index in [4.69, 9.17) is 4.74 Å². The van der Waals surface area contributed by atoms with Gasteiger partial charge in [0.25, 0.3) is 5.56 Å². The van der Waals surface area contributed by atoms with Crippen LogP contribution < -0.4 is 5.56 Å².